The number of anilines is 2. The molecule has 0 fully saturated rings. The first-order chi connectivity index (χ1) is 15.5. The fourth-order valence-electron chi connectivity index (χ4n) is 3.24. The van der Waals surface area contributed by atoms with E-state index < -0.39 is 0 Å². The first kappa shape index (κ1) is 19.7. The highest BCUT2D eigenvalue weighted by Gasteiger charge is 2.16. The van der Waals surface area contributed by atoms with Gasteiger partial charge in [-0.1, -0.05) is 28.8 Å². The molecule has 1 amide bonds. The van der Waals surface area contributed by atoms with Gasteiger partial charge >= 0.3 is 6.01 Å². The molecule has 10 heteroatoms. The van der Waals surface area contributed by atoms with E-state index in [1.54, 1.807) is 48.1 Å². The second-order valence-corrected chi connectivity index (χ2v) is 7.46. The van der Waals surface area contributed by atoms with E-state index >= 15 is 0 Å². The van der Waals surface area contributed by atoms with Crippen LogP contribution in [0.1, 0.15) is 10.5 Å². The number of carbonyl (C=O) groups is 1. The van der Waals surface area contributed by atoms with Crippen LogP contribution < -0.4 is 10.6 Å². The molecule has 3 aromatic heterocycles. The molecular weight excluding hydrogens is 430 g/mol. The Hall–Kier alpha value is -4.24. The van der Waals surface area contributed by atoms with E-state index in [0.717, 1.165) is 22.5 Å². The summed E-state index contributed by atoms with van der Waals surface area (Å²) in [5, 5.41) is 8.15. The minimum atomic E-state index is -0.243. The average Bonchev–Trinajstić information content (AvgIpc) is 3.44. The average molecular weight is 446 g/mol. The minimum Gasteiger partial charge on any atom is -0.404 e. The molecule has 0 atom stereocenters. The number of fused-ring (bicyclic) bond motifs is 1. The number of halogens is 1. The third-order valence-corrected chi connectivity index (χ3v) is 5.20. The number of carbonyl (C=O) groups excluding carboxylic acids is 1. The van der Waals surface area contributed by atoms with E-state index in [9.17, 15) is 4.79 Å². The van der Waals surface area contributed by atoms with E-state index in [4.69, 9.17) is 21.8 Å². The number of hydrogen-bond donors (Lipinski definition) is 1. The molecule has 158 valence electrons. The lowest BCUT2D eigenvalue weighted by atomic mass is 10.1. The fourth-order valence-corrected chi connectivity index (χ4v) is 3.36. The Morgan fingerprint density at radius 3 is 2.44 bits per heavy atom. The van der Waals surface area contributed by atoms with Gasteiger partial charge in [0.05, 0.1) is 11.9 Å². The van der Waals surface area contributed by atoms with E-state index in [-0.39, 0.29) is 11.9 Å². The van der Waals surface area contributed by atoms with Gasteiger partial charge in [0.1, 0.15) is 5.69 Å². The van der Waals surface area contributed by atoms with Crippen molar-refractivity contribution in [3.05, 3.63) is 77.8 Å². The Kier molecular flexibility index (Phi) is 4.79. The van der Waals surface area contributed by atoms with Gasteiger partial charge in [0.25, 0.3) is 5.91 Å². The van der Waals surface area contributed by atoms with Crippen LogP contribution in [0.25, 0.3) is 28.4 Å². The predicted octanol–water partition coefficient (Wildman–Crippen LogP) is 3.96. The number of aromatic nitrogens is 5. The number of amides is 1. The zero-order valence-corrected chi connectivity index (χ0v) is 17.6. The highest BCUT2D eigenvalue weighted by molar-refractivity contribution is 6.30. The summed E-state index contributed by atoms with van der Waals surface area (Å²) in [7, 11) is 1.69. The maximum Gasteiger partial charge on any atom is 0.313 e. The molecule has 2 aromatic carbocycles. The summed E-state index contributed by atoms with van der Waals surface area (Å²) in [6.07, 6.45) is 5.08. The van der Waals surface area contributed by atoms with Crippen LogP contribution in [-0.2, 0) is 0 Å². The molecule has 0 unspecified atom stereocenters. The quantitative estimate of drug-likeness (QED) is 0.445. The summed E-state index contributed by atoms with van der Waals surface area (Å²) in [4.78, 5) is 23.3. The van der Waals surface area contributed by atoms with Gasteiger partial charge in [-0.3, -0.25) is 4.79 Å². The summed E-state index contributed by atoms with van der Waals surface area (Å²) in [6, 6.07) is 14.5. The summed E-state index contributed by atoms with van der Waals surface area (Å²) >= 11 is 5.93. The molecule has 0 bridgehead atoms. The number of nitrogens with two attached hydrogens (primary N) is 1. The predicted molar refractivity (Wildman–Crippen MR) is 120 cm³/mol. The minimum absolute atomic E-state index is 0.0176. The molecule has 3 heterocycles. The third-order valence-electron chi connectivity index (χ3n) is 4.95. The molecule has 0 saturated carbocycles. The van der Waals surface area contributed by atoms with Crippen molar-refractivity contribution in [3.63, 3.8) is 0 Å². The van der Waals surface area contributed by atoms with Gasteiger partial charge in [-0.25, -0.2) is 9.97 Å². The molecule has 5 rings (SSSR count). The molecule has 5 aromatic rings. The van der Waals surface area contributed by atoms with Crippen LogP contribution in [-0.4, -0.2) is 37.5 Å². The zero-order valence-electron chi connectivity index (χ0n) is 16.8. The second kappa shape index (κ2) is 7.78. The van der Waals surface area contributed by atoms with Crippen LogP contribution >= 0.6 is 11.6 Å². The van der Waals surface area contributed by atoms with Crippen LogP contribution in [0.2, 0.25) is 5.02 Å². The summed E-state index contributed by atoms with van der Waals surface area (Å²) in [5.74, 6) is 0.105. The molecule has 0 aliphatic rings. The van der Waals surface area contributed by atoms with Gasteiger partial charge in [-0.2, -0.15) is 0 Å². The zero-order chi connectivity index (χ0) is 22.2. The first-order valence-corrected chi connectivity index (χ1v) is 9.94. The van der Waals surface area contributed by atoms with Crippen LogP contribution in [0.15, 0.2) is 71.5 Å². The number of imidazole rings is 1. The lowest BCUT2D eigenvalue weighted by Crippen LogP contribution is -2.27. The molecule has 0 spiro atoms. The molecule has 2 N–H and O–H groups in total. The van der Waals surface area contributed by atoms with Crippen molar-refractivity contribution in [2.45, 2.75) is 0 Å². The van der Waals surface area contributed by atoms with Crippen molar-refractivity contribution in [2.24, 2.45) is 0 Å². The summed E-state index contributed by atoms with van der Waals surface area (Å²) in [5.41, 5.74) is 9.49. The van der Waals surface area contributed by atoms with Crippen molar-refractivity contribution in [1.29, 1.82) is 0 Å². The molecule has 0 saturated heterocycles. The number of hydrogen-bond acceptors (Lipinski definition) is 7. The first-order valence-electron chi connectivity index (χ1n) is 9.56. The van der Waals surface area contributed by atoms with Crippen molar-refractivity contribution < 1.29 is 9.21 Å². The van der Waals surface area contributed by atoms with Gasteiger partial charge in [0.2, 0.25) is 5.89 Å². The monoisotopic (exact) mass is 445 g/mol. The van der Waals surface area contributed by atoms with Gasteiger partial charge in [0.15, 0.2) is 5.65 Å². The van der Waals surface area contributed by atoms with Crippen molar-refractivity contribution in [3.8, 4) is 22.7 Å². The Balaban J connectivity index is 1.41. The maximum atomic E-state index is 12.9. The van der Waals surface area contributed by atoms with E-state index in [1.165, 1.54) is 4.90 Å². The lowest BCUT2D eigenvalue weighted by molar-refractivity contribution is 0.0988. The van der Waals surface area contributed by atoms with Gasteiger partial charge < -0.3 is 19.5 Å². The summed E-state index contributed by atoms with van der Waals surface area (Å²) < 4.78 is 7.02. The van der Waals surface area contributed by atoms with E-state index in [1.807, 2.05) is 30.5 Å². The number of benzene rings is 2. The Morgan fingerprint density at radius 1 is 1.03 bits per heavy atom. The SMILES string of the molecule is CN(C(=O)c1cn2cc(-c3ccc(-c4nnc(N)o4)cc3)nc2cn1)c1ccc(Cl)cc1. The molecule has 0 aliphatic heterocycles. The largest absolute Gasteiger partial charge is 0.404 e. The van der Waals surface area contributed by atoms with E-state index in [0.29, 0.717) is 22.3 Å². The Bertz CT molecular complexity index is 1430. The van der Waals surface area contributed by atoms with Crippen LogP contribution in [0, 0.1) is 0 Å². The van der Waals surface area contributed by atoms with Crippen molar-refractivity contribution in [1.82, 2.24) is 24.6 Å². The van der Waals surface area contributed by atoms with Gasteiger partial charge in [-0.05, 0) is 36.4 Å². The Labute approximate surface area is 187 Å². The normalized spacial score (nSPS) is 11.1. The van der Waals surface area contributed by atoms with Crippen LogP contribution in [0.5, 0.6) is 0 Å². The molecule has 0 radical (unpaired) electrons. The smallest absolute Gasteiger partial charge is 0.313 e. The topological polar surface area (TPSA) is 115 Å². The number of rotatable bonds is 4. The second-order valence-electron chi connectivity index (χ2n) is 7.03. The van der Waals surface area contributed by atoms with Crippen LogP contribution in [0.4, 0.5) is 11.7 Å². The third kappa shape index (κ3) is 3.65. The lowest BCUT2D eigenvalue weighted by Gasteiger charge is -2.16. The maximum absolute atomic E-state index is 12.9. The highest BCUT2D eigenvalue weighted by atomic mass is 35.5. The number of nitrogen functional groups attached to an aromatic ring is 1. The molecular formula is C22H16ClN7O2. The van der Waals surface area contributed by atoms with Gasteiger partial charge in [-0.15, -0.1) is 5.10 Å². The molecule has 32 heavy (non-hydrogen) atoms. The van der Waals surface area contributed by atoms with Gasteiger partial charge in [0, 0.05) is 41.3 Å². The van der Waals surface area contributed by atoms with Crippen LogP contribution in [0.3, 0.4) is 0 Å². The fraction of sp³-hybridized carbons (Fsp3) is 0.0455. The standard InChI is InChI=1S/C22H16ClN7O2/c1-29(16-8-6-15(23)7-9-16)21(31)18-12-30-11-17(26-19(30)10-25-18)13-2-4-14(5-3-13)20-27-28-22(24)32-20/h2-12H,1H3,(H2,24,28). The highest BCUT2D eigenvalue weighted by Crippen LogP contribution is 2.25. The Morgan fingerprint density at radius 2 is 1.75 bits per heavy atom. The van der Waals surface area contributed by atoms with Crippen molar-refractivity contribution in [2.75, 3.05) is 17.7 Å². The molecule has 9 nitrogen and oxygen atoms in total. The van der Waals surface area contributed by atoms with Crippen molar-refractivity contribution >= 4 is 34.9 Å². The number of nitrogens with zero attached hydrogens (tertiary/aromatic N) is 6. The molecule has 0 aliphatic carbocycles. The van der Waals surface area contributed by atoms with E-state index in [2.05, 4.69) is 20.2 Å². The summed E-state index contributed by atoms with van der Waals surface area (Å²) in [6.45, 7) is 0.